The van der Waals surface area contributed by atoms with Crippen molar-refractivity contribution in [2.45, 2.75) is 50.3 Å². The highest BCUT2D eigenvalue weighted by Crippen LogP contribution is 2.64. The van der Waals surface area contributed by atoms with Crippen molar-refractivity contribution in [2.24, 2.45) is 17.3 Å². The van der Waals surface area contributed by atoms with E-state index in [9.17, 15) is 4.79 Å². The molecule has 1 N–H and O–H groups in total. The Morgan fingerprint density at radius 1 is 1.24 bits per heavy atom. The van der Waals surface area contributed by atoms with E-state index in [1.807, 2.05) is 31.2 Å². The molecule has 0 aliphatic heterocycles. The van der Waals surface area contributed by atoms with Gasteiger partial charge in [-0.2, -0.15) is 0 Å². The average molecular weight is 304 g/mol. The van der Waals surface area contributed by atoms with Gasteiger partial charge in [-0.25, -0.2) is 0 Å². The zero-order valence-corrected chi connectivity index (χ0v) is 13.2. The van der Waals surface area contributed by atoms with Crippen LogP contribution in [0.25, 0.3) is 0 Å². The smallest absolute Gasteiger partial charge is 0.230 e. The standard InChI is InChI=1S/C18H22ClNO/c1-12-3-2-4-15(5-12)20-16(21)17-7-13-6-14(8-17)10-18(19,9-13)11-17/h2-5,13-14H,6-11H2,1H3,(H,20,21)/t13-,14-,17?,18?/m1/s1. The molecule has 4 bridgehead atoms. The Kier molecular flexibility index (Phi) is 2.91. The van der Waals surface area contributed by atoms with E-state index >= 15 is 0 Å². The van der Waals surface area contributed by atoms with E-state index in [4.69, 9.17) is 11.6 Å². The molecule has 3 heteroatoms. The third-order valence-electron chi connectivity index (χ3n) is 5.75. The lowest BCUT2D eigenvalue weighted by Crippen LogP contribution is -2.57. The van der Waals surface area contributed by atoms with Gasteiger partial charge in [-0.05, 0) is 75.0 Å². The first-order valence-corrected chi connectivity index (χ1v) is 8.41. The number of halogens is 1. The summed E-state index contributed by atoms with van der Waals surface area (Å²) in [6.45, 7) is 2.05. The fourth-order valence-electron chi connectivity index (χ4n) is 5.40. The second-order valence-corrected chi connectivity index (χ2v) is 8.52. The largest absolute Gasteiger partial charge is 0.326 e. The summed E-state index contributed by atoms with van der Waals surface area (Å²) in [6.07, 6.45) is 6.46. The van der Waals surface area contributed by atoms with Gasteiger partial charge in [0.05, 0.1) is 5.41 Å². The third kappa shape index (κ3) is 2.28. The van der Waals surface area contributed by atoms with Crippen molar-refractivity contribution in [3.8, 4) is 0 Å². The van der Waals surface area contributed by atoms with Gasteiger partial charge in [0.15, 0.2) is 0 Å². The van der Waals surface area contributed by atoms with Gasteiger partial charge in [-0.15, -0.1) is 11.6 Å². The lowest BCUT2D eigenvalue weighted by atomic mass is 9.49. The lowest BCUT2D eigenvalue weighted by molar-refractivity contribution is -0.138. The molecule has 112 valence electrons. The van der Waals surface area contributed by atoms with Crippen LogP contribution in [0.4, 0.5) is 5.69 Å². The Labute approximate surface area is 131 Å². The van der Waals surface area contributed by atoms with Gasteiger partial charge in [0.25, 0.3) is 0 Å². The number of rotatable bonds is 2. The SMILES string of the molecule is Cc1cccc(NC(=O)C23C[C@H]4C[C@@H](CC(Cl)(C4)C2)C3)c1. The van der Waals surface area contributed by atoms with Gasteiger partial charge in [-0.3, -0.25) is 4.79 Å². The first kappa shape index (κ1) is 13.6. The molecule has 0 radical (unpaired) electrons. The molecule has 21 heavy (non-hydrogen) atoms. The fraction of sp³-hybridized carbons (Fsp3) is 0.611. The Balaban J connectivity index is 1.59. The number of anilines is 1. The summed E-state index contributed by atoms with van der Waals surface area (Å²) >= 11 is 6.81. The van der Waals surface area contributed by atoms with Crippen LogP contribution in [0.3, 0.4) is 0 Å². The van der Waals surface area contributed by atoms with Crippen molar-refractivity contribution >= 4 is 23.2 Å². The summed E-state index contributed by atoms with van der Waals surface area (Å²) < 4.78 is 0. The topological polar surface area (TPSA) is 29.1 Å². The van der Waals surface area contributed by atoms with Crippen molar-refractivity contribution in [2.75, 3.05) is 5.32 Å². The maximum atomic E-state index is 12.9. The molecule has 0 spiro atoms. The minimum absolute atomic E-state index is 0.103. The number of hydrogen-bond acceptors (Lipinski definition) is 1. The number of carbonyl (C=O) groups excluding carboxylic acids is 1. The highest BCUT2D eigenvalue weighted by atomic mass is 35.5. The van der Waals surface area contributed by atoms with Gasteiger partial charge in [0, 0.05) is 10.6 Å². The summed E-state index contributed by atoms with van der Waals surface area (Å²) in [6, 6.07) is 8.05. The summed E-state index contributed by atoms with van der Waals surface area (Å²) in [4.78, 5) is 12.8. The van der Waals surface area contributed by atoms with Crippen molar-refractivity contribution in [3.05, 3.63) is 29.8 Å². The molecule has 0 saturated heterocycles. The molecule has 5 rings (SSSR count). The van der Waals surface area contributed by atoms with Gasteiger partial charge in [-0.1, -0.05) is 12.1 Å². The Bertz CT molecular complexity index is 583. The van der Waals surface area contributed by atoms with Crippen LogP contribution in [-0.4, -0.2) is 10.8 Å². The lowest BCUT2D eigenvalue weighted by Gasteiger charge is -2.59. The van der Waals surface area contributed by atoms with Gasteiger partial charge in [0.1, 0.15) is 0 Å². The van der Waals surface area contributed by atoms with E-state index in [0.717, 1.165) is 37.8 Å². The fourth-order valence-corrected chi connectivity index (χ4v) is 6.10. The average Bonchev–Trinajstić information content (AvgIpc) is 2.35. The molecule has 4 aliphatic rings. The second kappa shape index (κ2) is 4.49. The predicted octanol–water partition coefficient (Wildman–Crippen LogP) is 4.51. The molecule has 0 aromatic heterocycles. The second-order valence-electron chi connectivity index (χ2n) is 7.72. The molecule has 1 aromatic carbocycles. The van der Waals surface area contributed by atoms with Gasteiger partial charge < -0.3 is 5.32 Å². The number of aryl methyl sites for hydroxylation is 1. The number of carbonyl (C=O) groups is 1. The zero-order valence-electron chi connectivity index (χ0n) is 12.5. The number of amides is 1. The molecule has 4 aliphatic carbocycles. The van der Waals surface area contributed by atoms with E-state index in [1.54, 1.807) is 0 Å². The van der Waals surface area contributed by atoms with Gasteiger partial charge >= 0.3 is 0 Å². The minimum Gasteiger partial charge on any atom is -0.326 e. The summed E-state index contributed by atoms with van der Waals surface area (Å²) in [5, 5.41) is 3.16. The summed E-state index contributed by atoms with van der Waals surface area (Å²) in [5.74, 6) is 1.52. The maximum absolute atomic E-state index is 12.9. The molecule has 2 atom stereocenters. The number of nitrogens with one attached hydrogen (secondary N) is 1. The van der Waals surface area contributed by atoms with Crippen LogP contribution < -0.4 is 5.32 Å². The number of hydrogen-bond donors (Lipinski definition) is 1. The predicted molar refractivity (Wildman–Crippen MR) is 85.5 cm³/mol. The third-order valence-corrected chi connectivity index (χ3v) is 6.19. The molecular weight excluding hydrogens is 282 g/mol. The van der Waals surface area contributed by atoms with E-state index in [0.29, 0.717) is 11.8 Å². The first-order valence-electron chi connectivity index (χ1n) is 8.04. The first-order chi connectivity index (χ1) is 9.96. The monoisotopic (exact) mass is 303 g/mol. The molecule has 2 nitrogen and oxygen atoms in total. The van der Waals surface area contributed by atoms with Crippen LogP contribution in [0.15, 0.2) is 24.3 Å². The normalized spacial score (nSPS) is 40.3. The molecule has 1 amide bonds. The molecule has 0 heterocycles. The van der Waals surface area contributed by atoms with E-state index in [-0.39, 0.29) is 16.2 Å². The Morgan fingerprint density at radius 2 is 1.95 bits per heavy atom. The van der Waals surface area contributed by atoms with E-state index in [1.165, 1.54) is 12.0 Å². The van der Waals surface area contributed by atoms with E-state index in [2.05, 4.69) is 5.32 Å². The van der Waals surface area contributed by atoms with Crippen LogP contribution in [0.5, 0.6) is 0 Å². The Hall–Kier alpha value is -1.02. The summed E-state index contributed by atoms with van der Waals surface area (Å²) in [5.41, 5.74) is 1.88. The van der Waals surface area contributed by atoms with Crippen molar-refractivity contribution in [3.63, 3.8) is 0 Å². The molecule has 0 unspecified atom stereocenters. The molecular formula is C18H22ClNO. The Morgan fingerprint density at radius 3 is 2.57 bits per heavy atom. The van der Waals surface area contributed by atoms with Crippen LogP contribution in [0, 0.1) is 24.2 Å². The molecule has 4 fully saturated rings. The van der Waals surface area contributed by atoms with Crippen LogP contribution in [0.2, 0.25) is 0 Å². The summed E-state index contributed by atoms with van der Waals surface area (Å²) in [7, 11) is 0. The van der Waals surface area contributed by atoms with Crippen LogP contribution >= 0.6 is 11.6 Å². The van der Waals surface area contributed by atoms with E-state index < -0.39 is 0 Å². The maximum Gasteiger partial charge on any atom is 0.230 e. The van der Waals surface area contributed by atoms with Crippen LogP contribution in [0.1, 0.15) is 44.1 Å². The highest BCUT2D eigenvalue weighted by molar-refractivity contribution is 6.24. The molecule has 4 saturated carbocycles. The van der Waals surface area contributed by atoms with Gasteiger partial charge in [0.2, 0.25) is 5.91 Å². The highest BCUT2D eigenvalue weighted by Gasteiger charge is 2.60. The van der Waals surface area contributed by atoms with Crippen LogP contribution in [-0.2, 0) is 4.79 Å². The number of benzene rings is 1. The zero-order chi connectivity index (χ0) is 14.7. The van der Waals surface area contributed by atoms with Crippen molar-refractivity contribution in [1.29, 1.82) is 0 Å². The van der Waals surface area contributed by atoms with Crippen molar-refractivity contribution < 1.29 is 4.79 Å². The minimum atomic E-state index is -0.213. The molecule has 1 aromatic rings. The number of alkyl halides is 1. The van der Waals surface area contributed by atoms with Crippen molar-refractivity contribution in [1.82, 2.24) is 0 Å². The quantitative estimate of drug-likeness (QED) is 0.800.